The van der Waals surface area contributed by atoms with Crippen molar-refractivity contribution < 1.29 is 8.42 Å². The third-order valence-corrected chi connectivity index (χ3v) is 4.71. The highest BCUT2D eigenvalue weighted by molar-refractivity contribution is 7.93. The Balaban J connectivity index is 2.34. The molecule has 0 spiro atoms. The lowest BCUT2D eigenvalue weighted by atomic mass is 10.4. The highest BCUT2D eigenvalue weighted by Gasteiger charge is 2.16. The van der Waals surface area contributed by atoms with Crippen molar-refractivity contribution in [2.75, 3.05) is 4.72 Å². The number of sulfonamides is 1. The molecule has 0 aliphatic heterocycles. The van der Waals surface area contributed by atoms with Crippen LogP contribution in [-0.2, 0) is 10.0 Å². The van der Waals surface area contributed by atoms with Crippen LogP contribution in [0.2, 0.25) is 5.02 Å². The minimum absolute atomic E-state index is 0.101. The summed E-state index contributed by atoms with van der Waals surface area (Å²) in [7, 11) is -3.68. The number of hydrogen-bond donors (Lipinski definition) is 1. The zero-order valence-corrected chi connectivity index (χ0v) is 11.3. The molecule has 0 amide bonds. The van der Waals surface area contributed by atoms with Gasteiger partial charge in [-0.05, 0) is 35.7 Å². The van der Waals surface area contributed by atoms with Gasteiger partial charge in [-0.15, -0.1) is 11.3 Å². The van der Waals surface area contributed by atoms with E-state index in [2.05, 4.69) is 4.72 Å². The second-order valence-electron chi connectivity index (χ2n) is 3.33. The summed E-state index contributed by atoms with van der Waals surface area (Å²) in [4.78, 5) is 0.101. The number of rotatable bonds is 3. The number of nitriles is 1. The maximum absolute atomic E-state index is 12.0. The molecule has 1 aromatic carbocycles. The molecule has 1 heterocycles. The molecule has 7 heteroatoms. The lowest BCUT2D eigenvalue weighted by Gasteiger charge is -2.06. The van der Waals surface area contributed by atoms with Gasteiger partial charge in [-0.2, -0.15) is 5.26 Å². The number of anilines is 1. The van der Waals surface area contributed by atoms with Gasteiger partial charge in [-0.25, -0.2) is 8.42 Å². The summed E-state index contributed by atoms with van der Waals surface area (Å²) in [6.45, 7) is 0. The number of nitrogens with zero attached hydrogens (tertiary/aromatic N) is 1. The number of halogens is 1. The average molecular weight is 299 g/mol. The zero-order valence-electron chi connectivity index (χ0n) is 8.92. The summed E-state index contributed by atoms with van der Waals surface area (Å²) < 4.78 is 26.4. The molecule has 0 fully saturated rings. The van der Waals surface area contributed by atoms with Crippen LogP contribution in [0.5, 0.6) is 0 Å². The molecule has 0 aliphatic carbocycles. The predicted octanol–water partition coefficient (Wildman–Crippen LogP) is 3.07. The minimum atomic E-state index is -3.68. The summed E-state index contributed by atoms with van der Waals surface area (Å²) in [5, 5.41) is 11.2. The lowest BCUT2D eigenvalue weighted by Crippen LogP contribution is -2.12. The molecule has 0 atom stereocenters. The Morgan fingerprint density at radius 3 is 2.50 bits per heavy atom. The third kappa shape index (κ3) is 2.64. The molecule has 0 radical (unpaired) electrons. The van der Waals surface area contributed by atoms with E-state index < -0.39 is 10.0 Å². The van der Waals surface area contributed by atoms with Crippen molar-refractivity contribution in [1.82, 2.24) is 0 Å². The summed E-state index contributed by atoms with van der Waals surface area (Å²) in [5.74, 6) is 0. The number of nitrogens with one attached hydrogen (secondary N) is 1. The topological polar surface area (TPSA) is 70.0 Å². The quantitative estimate of drug-likeness (QED) is 0.946. The van der Waals surface area contributed by atoms with Crippen LogP contribution in [-0.4, -0.2) is 8.42 Å². The normalized spacial score (nSPS) is 10.9. The fourth-order valence-corrected chi connectivity index (χ4v) is 3.47. The maximum atomic E-state index is 12.0. The molecule has 18 heavy (non-hydrogen) atoms. The fourth-order valence-electron chi connectivity index (χ4n) is 1.27. The van der Waals surface area contributed by atoms with Gasteiger partial charge in [0.2, 0.25) is 0 Å². The van der Waals surface area contributed by atoms with Crippen LogP contribution in [0.15, 0.2) is 40.6 Å². The van der Waals surface area contributed by atoms with Crippen LogP contribution in [0.1, 0.15) is 5.56 Å². The van der Waals surface area contributed by atoms with Crippen molar-refractivity contribution in [3.05, 3.63) is 46.3 Å². The second-order valence-corrected chi connectivity index (χ2v) is 6.37. The van der Waals surface area contributed by atoms with E-state index in [0.717, 1.165) is 11.3 Å². The van der Waals surface area contributed by atoms with Crippen molar-refractivity contribution in [3.8, 4) is 6.07 Å². The summed E-state index contributed by atoms with van der Waals surface area (Å²) in [6.07, 6.45) is 0. The summed E-state index contributed by atoms with van der Waals surface area (Å²) >= 11 is 6.86. The maximum Gasteiger partial charge on any atom is 0.262 e. The van der Waals surface area contributed by atoms with Crippen molar-refractivity contribution in [3.63, 3.8) is 0 Å². The van der Waals surface area contributed by atoms with E-state index in [1.165, 1.54) is 24.3 Å². The first-order valence-corrected chi connectivity index (χ1v) is 7.53. The molecule has 0 saturated heterocycles. The van der Waals surface area contributed by atoms with Gasteiger partial charge < -0.3 is 0 Å². The first-order chi connectivity index (χ1) is 8.53. The van der Waals surface area contributed by atoms with Gasteiger partial charge in [0.15, 0.2) is 0 Å². The van der Waals surface area contributed by atoms with Crippen LogP contribution in [0, 0.1) is 11.3 Å². The average Bonchev–Trinajstić information content (AvgIpc) is 2.76. The van der Waals surface area contributed by atoms with Gasteiger partial charge >= 0.3 is 0 Å². The van der Waals surface area contributed by atoms with Crippen LogP contribution >= 0.6 is 22.9 Å². The largest absolute Gasteiger partial charge is 0.269 e. The van der Waals surface area contributed by atoms with Gasteiger partial charge in [0, 0.05) is 5.02 Å². The van der Waals surface area contributed by atoms with E-state index in [-0.39, 0.29) is 4.90 Å². The SMILES string of the molecule is N#Cc1ccsc1NS(=O)(=O)c1ccc(Cl)cc1. The number of benzene rings is 1. The Hall–Kier alpha value is -1.55. The van der Waals surface area contributed by atoms with E-state index in [4.69, 9.17) is 16.9 Å². The van der Waals surface area contributed by atoms with Crippen LogP contribution in [0.4, 0.5) is 5.00 Å². The first kappa shape index (κ1) is 12.9. The van der Waals surface area contributed by atoms with Crippen molar-refractivity contribution in [2.24, 2.45) is 0 Å². The van der Waals surface area contributed by atoms with Crippen LogP contribution in [0.25, 0.3) is 0 Å². The van der Waals surface area contributed by atoms with Gasteiger partial charge in [-0.3, -0.25) is 4.72 Å². The van der Waals surface area contributed by atoms with E-state index in [0.29, 0.717) is 15.6 Å². The molecule has 0 aliphatic rings. The predicted molar refractivity (Wildman–Crippen MR) is 71.3 cm³/mol. The highest BCUT2D eigenvalue weighted by atomic mass is 35.5. The van der Waals surface area contributed by atoms with Crippen molar-refractivity contribution in [1.29, 1.82) is 5.26 Å². The molecule has 2 rings (SSSR count). The molecule has 2 aromatic rings. The van der Waals surface area contributed by atoms with Crippen LogP contribution < -0.4 is 4.72 Å². The number of thiophene rings is 1. The van der Waals surface area contributed by atoms with Gasteiger partial charge in [0.25, 0.3) is 10.0 Å². The summed E-state index contributed by atoms with van der Waals surface area (Å²) in [5.41, 5.74) is 0.303. The Kier molecular flexibility index (Phi) is 3.57. The van der Waals surface area contributed by atoms with E-state index in [1.54, 1.807) is 11.4 Å². The Labute approximate surface area is 114 Å². The molecule has 1 N–H and O–H groups in total. The molecule has 4 nitrogen and oxygen atoms in total. The lowest BCUT2D eigenvalue weighted by molar-refractivity contribution is 0.601. The van der Waals surface area contributed by atoms with Gasteiger partial charge in [0.05, 0.1) is 10.5 Å². The minimum Gasteiger partial charge on any atom is -0.269 e. The molecule has 0 bridgehead atoms. The standard InChI is InChI=1S/C11H7ClN2O2S2/c12-9-1-3-10(4-2-9)18(15,16)14-11-8(7-13)5-6-17-11/h1-6,14H. The Morgan fingerprint density at radius 2 is 1.89 bits per heavy atom. The molecule has 0 unspecified atom stereocenters. The first-order valence-electron chi connectivity index (χ1n) is 4.79. The smallest absolute Gasteiger partial charge is 0.262 e. The Bertz CT molecular complexity index is 699. The second kappa shape index (κ2) is 4.98. The van der Waals surface area contributed by atoms with E-state index in [1.807, 2.05) is 6.07 Å². The molecular formula is C11H7ClN2O2S2. The van der Waals surface area contributed by atoms with E-state index >= 15 is 0 Å². The van der Waals surface area contributed by atoms with E-state index in [9.17, 15) is 8.42 Å². The molecule has 1 aromatic heterocycles. The van der Waals surface area contributed by atoms with Gasteiger partial charge in [0.1, 0.15) is 11.1 Å². The highest BCUT2D eigenvalue weighted by Crippen LogP contribution is 2.25. The van der Waals surface area contributed by atoms with Crippen molar-refractivity contribution >= 4 is 38.0 Å². The monoisotopic (exact) mass is 298 g/mol. The molecule has 0 saturated carbocycles. The van der Waals surface area contributed by atoms with Crippen molar-refractivity contribution in [2.45, 2.75) is 4.90 Å². The van der Waals surface area contributed by atoms with Gasteiger partial charge in [-0.1, -0.05) is 11.6 Å². The van der Waals surface area contributed by atoms with Crippen LogP contribution in [0.3, 0.4) is 0 Å². The molecular weight excluding hydrogens is 292 g/mol. The fraction of sp³-hybridized carbons (Fsp3) is 0. The zero-order chi connectivity index (χ0) is 13.2. The molecule has 92 valence electrons. The number of hydrogen-bond acceptors (Lipinski definition) is 4. The Morgan fingerprint density at radius 1 is 1.22 bits per heavy atom. The summed E-state index contributed by atoms with van der Waals surface area (Å²) in [6, 6.07) is 9.29. The third-order valence-electron chi connectivity index (χ3n) is 2.14.